The van der Waals surface area contributed by atoms with E-state index in [0.717, 1.165) is 51.8 Å². The van der Waals surface area contributed by atoms with Gasteiger partial charge in [-0.2, -0.15) is 0 Å². The van der Waals surface area contributed by atoms with Crippen molar-refractivity contribution in [3.05, 3.63) is 171 Å². The molecule has 3 aliphatic carbocycles. The predicted molar refractivity (Wildman–Crippen MR) is 308 cm³/mol. The number of allylic oxidation sites excluding steroid dienone is 9. The van der Waals surface area contributed by atoms with E-state index in [9.17, 15) is 30.3 Å². The summed E-state index contributed by atoms with van der Waals surface area (Å²) in [4.78, 5) is 33.9. The van der Waals surface area contributed by atoms with E-state index in [4.69, 9.17) is 21.9 Å². The van der Waals surface area contributed by atoms with E-state index in [1.165, 1.54) is 5.57 Å². The number of Topliss-reactive ketones (excluding diaryl/α,β-unsaturated/α-hetero) is 1. The number of aliphatic hydroxyl groups is 4. The largest absolute Gasteiger partial charge is 0.508 e. The van der Waals surface area contributed by atoms with E-state index in [1.807, 2.05) is 56.3 Å². The Balaban J connectivity index is 1.13. The highest BCUT2D eigenvalue weighted by Gasteiger charge is 2.68. The van der Waals surface area contributed by atoms with E-state index in [1.54, 1.807) is 24.3 Å². The number of guanidine groups is 1. The zero-order valence-electron chi connectivity index (χ0n) is 46.0. The molecule has 2 spiro atoms. The fraction of sp³-hybridized carbons (Fsp3) is 0.462. The van der Waals surface area contributed by atoms with Crippen LogP contribution in [-0.2, 0) is 33.6 Å². The minimum Gasteiger partial charge on any atom is -0.508 e. The van der Waals surface area contributed by atoms with Crippen molar-refractivity contribution in [3.63, 3.8) is 0 Å². The highest BCUT2D eigenvalue weighted by molar-refractivity contribution is 5.98. The third-order valence-corrected chi connectivity index (χ3v) is 18.3. The van der Waals surface area contributed by atoms with Gasteiger partial charge in [0.1, 0.15) is 24.6 Å². The van der Waals surface area contributed by atoms with Gasteiger partial charge < -0.3 is 52.8 Å². The molecule has 3 heterocycles. The first-order valence-corrected chi connectivity index (χ1v) is 28.1. The second-order valence-electron chi connectivity index (χ2n) is 23.4. The molecule has 1 amide bonds. The van der Waals surface area contributed by atoms with Gasteiger partial charge in [0, 0.05) is 42.7 Å². The average Bonchev–Trinajstić information content (AvgIpc) is 3.97. The second-order valence-corrected chi connectivity index (χ2v) is 23.4. The number of phenolic OH excluding ortho intramolecular Hbond substituents is 1. The Morgan fingerprint density at radius 1 is 0.949 bits per heavy atom. The van der Waals surface area contributed by atoms with Crippen molar-refractivity contribution in [2.75, 3.05) is 26.3 Å². The summed E-state index contributed by atoms with van der Waals surface area (Å²) in [5, 5.41) is 67.9. The monoisotopic (exact) mass is 1070 g/mol. The van der Waals surface area contributed by atoms with E-state index in [0.29, 0.717) is 80.1 Å². The predicted octanol–water partition coefficient (Wildman–Crippen LogP) is 6.93. The zero-order chi connectivity index (χ0) is 56.2. The fourth-order valence-corrected chi connectivity index (χ4v) is 14.1. The molecule has 14 heteroatoms. The minimum atomic E-state index is -1.39. The number of β-amino-alcohol motifs (C(OH)–C–C–N with tert-alkyl or cyclic N) is 1. The topological polar surface area (TPSA) is 259 Å². The summed E-state index contributed by atoms with van der Waals surface area (Å²) in [7, 11) is 0. The Labute approximate surface area is 465 Å². The first-order valence-electron chi connectivity index (χ1n) is 28.1. The molecule has 418 valence electrons. The highest BCUT2D eigenvalue weighted by Crippen LogP contribution is 2.67. The van der Waals surface area contributed by atoms with Crippen molar-refractivity contribution < 1.29 is 39.9 Å². The molecule has 0 saturated heterocycles. The molecule has 6 aliphatic rings. The van der Waals surface area contributed by atoms with Gasteiger partial charge in [0.05, 0.1) is 30.5 Å². The third-order valence-electron chi connectivity index (χ3n) is 18.3. The molecule has 2 fully saturated rings. The van der Waals surface area contributed by atoms with E-state index in [-0.39, 0.29) is 50.2 Å². The van der Waals surface area contributed by atoms with Crippen molar-refractivity contribution in [1.29, 1.82) is 0 Å². The van der Waals surface area contributed by atoms with Crippen molar-refractivity contribution in [2.45, 2.75) is 140 Å². The molecule has 0 radical (unpaired) electrons. The molecule has 13 N–H and O–H groups in total. The number of ketones is 1. The number of phenols is 1. The number of aliphatic imine (C=N–C) groups is 1. The fourth-order valence-electron chi connectivity index (χ4n) is 14.1. The summed E-state index contributed by atoms with van der Waals surface area (Å²) >= 11 is 0. The van der Waals surface area contributed by atoms with Crippen molar-refractivity contribution >= 4 is 17.6 Å². The lowest BCUT2D eigenvalue weighted by atomic mass is 9.51. The summed E-state index contributed by atoms with van der Waals surface area (Å²) in [6, 6.07) is 19.2. The van der Waals surface area contributed by atoms with E-state index >= 15 is 4.79 Å². The number of amides is 1. The number of hydrogen-bond donors (Lipinski definition) is 10. The normalized spacial score (nSPS) is 31.4. The number of carbonyl (C=O) groups excluding carboxylic acids is 2. The number of nitrogens with two attached hydrogens (primary N) is 3. The number of benzene rings is 3. The van der Waals surface area contributed by atoms with Crippen LogP contribution >= 0.6 is 0 Å². The first-order chi connectivity index (χ1) is 37.8. The van der Waals surface area contributed by atoms with Crippen molar-refractivity contribution in [1.82, 2.24) is 10.6 Å². The van der Waals surface area contributed by atoms with Crippen LogP contribution in [0.3, 0.4) is 0 Å². The molecule has 79 heavy (non-hydrogen) atoms. The summed E-state index contributed by atoms with van der Waals surface area (Å²) in [5.74, 6) is 4.24. The molecular formula is C65H80N6O8. The van der Waals surface area contributed by atoms with Gasteiger partial charge in [0.25, 0.3) is 0 Å². The molecule has 0 aromatic heterocycles. The Bertz CT molecular complexity index is 3060. The molecule has 11 atom stereocenters. The lowest BCUT2D eigenvalue weighted by Crippen LogP contribution is -2.61. The van der Waals surface area contributed by atoms with Crippen LogP contribution < -0.4 is 27.8 Å². The van der Waals surface area contributed by atoms with Crippen LogP contribution in [-0.4, -0.2) is 93.4 Å². The van der Waals surface area contributed by atoms with Gasteiger partial charge in [-0.3, -0.25) is 19.9 Å². The standard InChI is InChI=1S/C65H80N6O8/c1-39-10-5-6-29-79-38-47-32-44(30-40(2)12-7-11-39)23-26-64(47)27-28-65(61(64)77)54-22-21-49(73)33-42-13-8-14-43(31-42)34-52(53(36-70-62(67)68)45-17-19-48(72)20-18-45)56(75)37-69-58-57-46(15-9-16-51(57)59(66)71-60(58)76)35-55(74)41(3)50(54)24-25-63(65,4)78/h8-9,11,13-20,23,26,30-32,49,52-54,56,58-59,61,69,72-73,75,77-78H,2,7,10,12,21-22,24-25,27-29,33-38,66H2,1,3-4H3,(H,71,76)(H4,67,68,70). The number of nitrogens with zero attached hydrogens (tertiary/aromatic N) is 1. The molecule has 3 aromatic carbocycles. The molecule has 14 nitrogen and oxygen atoms in total. The van der Waals surface area contributed by atoms with Gasteiger partial charge in [-0.15, -0.1) is 0 Å². The van der Waals surface area contributed by atoms with Crippen molar-refractivity contribution in [3.8, 4) is 17.6 Å². The number of nitrogens with one attached hydrogen (secondary N) is 2. The number of carbonyl (C=O) groups is 2. The molecule has 9 rings (SSSR count). The number of fused-ring (bicyclic) bond motifs is 6. The van der Waals surface area contributed by atoms with Crippen LogP contribution in [0.1, 0.15) is 130 Å². The van der Waals surface area contributed by atoms with Gasteiger partial charge in [-0.05, 0) is 159 Å². The van der Waals surface area contributed by atoms with Crippen LogP contribution in [0.4, 0.5) is 0 Å². The SMILES string of the molecule is C=C1C=C2C=CC3(CCC4(C5CCC(O)Cc6cccc(c6)CC(C(CN=C(N)N)c6ccc(O)cc6)C(O)CNC6C(=O)NC(N)c7cccc(c76)CC(=O)C(C)=C5CCC4(C)O)C3O)C(=C2)COCC#CCC(C)=CCC1. The Hall–Kier alpha value is -6.41. The summed E-state index contributed by atoms with van der Waals surface area (Å²) < 4.78 is 6.31. The maximum Gasteiger partial charge on any atom is 0.243 e. The number of aromatic hydroxyl groups is 1. The number of rotatable bonds is 4. The highest BCUT2D eigenvalue weighted by atomic mass is 16.5. The Morgan fingerprint density at radius 3 is 2.48 bits per heavy atom. The number of hydrogen-bond acceptors (Lipinski definition) is 11. The van der Waals surface area contributed by atoms with Crippen LogP contribution in [0.5, 0.6) is 5.75 Å². The maximum absolute atomic E-state index is 15.2. The molecule has 11 unspecified atom stereocenters. The van der Waals surface area contributed by atoms with Crippen LogP contribution in [0.15, 0.2) is 142 Å². The summed E-state index contributed by atoms with van der Waals surface area (Å²) in [6.07, 6.45) is 11.8. The minimum absolute atomic E-state index is 0.0538. The smallest absolute Gasteiger partial charge is 0.243 e. The molecule has 3 aromatic rings. The van der Waals surface area contributed by atoms with E-state index < -0.39 is 70.6 Å². The molecule has 3 aliphatic heterocycles. The van der Waals surface area contributed by atoms with Gasteiger partial charge in [-0.25, -0.2) is 0 Å². The number of aliphatic hydroxyl groups excluding tert-OH is 3. The van der Waals surface area contributed by atoms with Gasteiger partial charge in [0.15, 0.2) is 11.7 Å². The van der Waals surface area contributed by atoms with Crippen LogP contribution in [0.25, 0.3) is 0 Å². The second kappa shape index (κ2) is 24.1. The number of ether oxygens (including phenoxy) is 1. The molecule has 4 bridgehead atoms. The molecule has 2 saturated carbocycles. The van der Waals surface area contributed by atoms with Gasteiger partial charge in [-0.1, -0.05) is 120 Å². The Kier molecular flexibility index (Phi) is 17.5. The summed E-state index contributed by atoms with van der Waals surface area (Å²) in [6.45, 7) is 10.6. The summed E-state index contributed by atoms with van der Waals surface area (Å²) in [5.41, 5.74) is 24.7. The molecular weight excluding hydrogens is 993 g/mol. The maximum atomic E-state index is 15.2. The average molecular weight is 1070 g/mol. The van der Waals surface area contributed by atoms with Gasteiger partial charge in [0.2, 0.25) is 5.91 Å². The zero-order valence-corrected chi connectivity index (χ0v) is 46.0. The Morgan fingerprint density at radius 2 is 1.71 bits per heavy atom. The lowest BCUT2D eigenvalue weighted by Gasteiger charge is -2.57. The van der Waals surface area contributed by atoms with Crippen LogP contribution in [0, 0.1) is 34.5 Å². The van der Waals surface area contributed by atoms with Crippen molar-refractivity contribution in [2.24, 2.45) is 44.9 Å². The third kappa shape index (κ3) is 12.1. The lowest BCUT2D eigenvalue weighted by molar-refractivity contribution is -0.174. The quantitative estimate of drug-likeness (QED) is 0.0553. The first kappa shape index (κ1) is 57.3. The van der Waals surface area contributed by atoms with Crippen LogP contribution in [0.2, 0.25) is 0 Å². The van der Waals surface area contributed by atoms with E-state index in [2.05, 4.69) is 71.3 Å². The van der Waals surface area contributed by atoms with Gasteiger partial charge >= 0.3 is 0 Å².